The molecule has 1 aromatic carbocycles. The first-order valence-corrected chi connectivity index (χ1v) is 8.73. The lowest BCUT2D eigenvalue weighted by molar-refractivity contribution is 0.197. The van der Waals surface area contributed by atoms with Gasteiger partial charge in [-0.2, -0.15) is 0 Å². The van der Waals surface area contributed by atoms with Gasteiger partial charge in [0.2, 0.25) is 0 Å². The van der Waals surface area contributed by atoms with Crippen molar-refractivity contribution >= 4 is 0 Å². The van der Waals surface area contributed by atoms with E-state index in [1.807, 2.05) is 0 Å². The third-order valence-electron chi connectivity index (χ3n) is 4.54. The number of benzene rings is 1. The molecule has 0 radical (unpaired) electrons. The van der Waals surface area contributed by atoms with Crippen LogP contribution in [0.15, 0.2) is 30.3 Å². The lowest BCUT2D eigenvalue weighted by atomic mass is 10.0. The van der Waals surface area contributed by atoms with Crippen molar-refractivity contribution in [2.45, 2.75) is 52.0 Å². The fourth-order valence-corrected chi connectivity index (χ4v) is 3.18. The molecule has 1 aliphatic rings. The Balaban J connectivity index is 1.58. The molecule has 1 aromatic rings. The summed E-state index contributed by atoms with van der Waals surface area (Å²) in [5, 5.41) is 3.72. The van der Waals surface area contributed by atoms with E-state index in [9.17, 15) is 0 Å². The standard InChI is InChI=1S/C19H32N2/c1-17(16-21-13-7-4-8-14-21)15-20-18(2)11-12-19-9-5-3-6-10-19/h3,5-6,9-10,17-18,20H,4,7-8,11-16H2,1-2H3. The Morgan fingerprint density at radius 3 is 2.48 bits per heavy atom. The monoisotopic (exact) mass is 288 g/mol. The Hall–Kier alpha value is -0.860. The summed E-state index contributed by atoms with van der Waals surface area (Å²) in [6.45, 7) is 9.73. The zero-order valence-electron chi connectivity index (χ0n) is 13.9. The number of nitrogens with one attached hydrogen (secondary N) is 1. The molecule has 2 nitrogen and oxygen atoms in total. The maximum atomic E-state index is 3.72. The van der Waals surface area contributed by atoms with E-state index in [1.54, 1.807) is 0 Å². The maximum absolute atomic E-state index is 3.72. The molecule has 1 heterocycles. The van der Waals surface area contributed by atoms with Crippen LogP contribution >= 0.6 is 0 Å². The van der Waals surface area contributed by atoms with Crippen LogP contribution in [-0.2, 0) is 6.42 Å². The molecule has 1 fully saturated rings. The average Bonchev–Trinajstić information content (AvgIpc) is 2.53. The van der Waals surface area contributed by atoms with Gasteiger partial charge >= 0.3 is 0 Å². The zero-order chi connectivity index (χ0) is 14.9. The summed E-state index contributed by atoms with van der Waals surface area (Å²) in [6, 6.07) is 11.4. The van der Waals surface area contributed by atoms with Crippen molar-refractivity contribution in [2.75, 3.05) is 26.2 Å². The summed E-state index contributed by atoms with van der Waals surface area (Å²) in [5.41, 5.74) is 1.45. The maximum Gasteiger partial charge on any atom is 0.00420 e. The highest BCUT2D eigenvalue weighted by Crippen LogP contribution is 2.11. The van der Waals surface area contributed by atoms with Crippen molar-refractivity contribution in [3.05, 3.63) is 35.9 Å². The number of nitrogens with zero attached hydrogens (tertiary/aromatic N) is 1. The summed E-state index contributed by atoms with van der Waals surface area (Å²) >= 11 is 0. The van der Waals surface area contributed by atoms with Gasteiger partial charge in [-0.1, -0.05) is 43.7 Å². The zero-order valence-corrected chi connectivity index (χ0v) is 13.9. The van der Waals surface area contributed by atoms with E-state index in [0.29, 0.717) is 6.04 Å². The van der Waals surface area contributed by atoms with E-state index >= 15 is 0 Å². The smallest absolute Gasteiger partial charge is 0.00420 e. The highest BCUT2D eigenvalue weighted by molar-refractivity contribution is 5.14. The summed E-state index contributed by atoms with van der Waals surface area (Å²) in [6.07, 6.45) is 6.62. The van der Waals surface area contributed by atoms with E-state index in [-0.39, 0.29) is 0 Å². The number of piperidine rings is 1. The molecule has 2 unspecified atom stereocenters. The molecule has 1 N–H and O–H groups in total. The summed E-state index contributed by atoms with van der Waals surface area (Å²) < 4.78 is 0. The van der Waals surface area contributed by atoms with Gasteiger partial charge in [-0.05, 0) is 63.7 Å². The molecule has 0 amide bonds. The van der Waals surface area contributed by atoms with E-state index in [0.717, 1.165) is 12.5 Å². The lowest BCUT2D eigenvalue weighted by Crippen LogP contribution is -2.38. The van der Waals surface area contributed by atoms with Gasteiger partial charge in [0.25, 0.3) is 0 Å². The van der Waals surface area contributed by atoms with Crippen molar-refractivity contribution in [2.24, 2.45) is 5.92 Å². The summed E-state index contributed by atoms with van der Waals surface area (Å²) in [5.74, 6) is 0.752. The van der Waals surface area contributed by atoms with Crippen molar-refractivity contribution in [1.29, 1.82) is 0 Å². The second-order valence-corrected chi connectivity index (χ2v) is 6.80. The Morgan fingerprint density at radius 2 is 1.76 bits per heavy atom. The molecule has 1 saturated heterocycles. The number of likely N-dealkylation sites (tertiary alicyclic amines) is 1. The molecule has 1 aliphatic heterocycles. The summed E-state index contributed by atoms with van der Waals surface area (Å²) in [7, 11) is 0. The van der Waals surface area contributed by atoms with E-state index in [1.165, 1.54) is 57.3 Å². The van der Waals surface area contributed by atoms with Crippen LogP contribution in [-0.4, -0.2) is 37.1 Å². The van der Waals surface area contributed by atoms with E-state index in [2.05, 4.69) is 54.4 Å². The molecule has 0 saturated carbocycles. The van der Waals surface area contributed by atoms with Gasteiger partial charge in [0.05, 0.1) is 0 Å². The van der Waals surface area contributed by atoms with Crippen molar-refractivity contribution < 1.29 is 0 Å². The second kappa shape index (κ2) is 9.22. The predicted octanol–water partition coefficient (Wildman–Crippen LogP) is 3.72. The van der Waals surface area contributed by atoms with Crippen LogP contribution in [0.2, 0.25) is 0 Å². The van der Waals surface area contributed by atoms with Crippen molar-refractivity contribution in [3.8, 4) is 0 Å². The molecule has 2 rings (SSSR count). The van der Waals surface area contributed by atoms with Crippen LogP contribution in [0.5, 0.6) is 0 Å². The largest absolute Gasteiger partial charge is 0.314 e. The minimum Gasteiger partial charge on any atom is -0.314 e. The summed E-state index contributed by atoms with van der Waals surface area (Å²) in [4.78, 5) is 2.64. The Morgan fingerprint density at radius 1 is 1.05 bits per heavy atom. The SMILES string of the molecule is CC(CNC(C)CCc1ccccc1)CN1CCCCC1. The fraction of sp³-hybridized carbons (Fsp3) is 0.684. The minimum absolute atomic E-state index is 0.606. The number of rotatable bonds is 8. The highest BCUT2D eigenvalue weighted by Gasteiger charge is 2.13. The number of hydrogen-bond acceptors (Lipinski definition) is 2. The lowest BCUT2D eigenvalue weighted by Gasteiger charge is -2.29. The third-order valence-corrected chi connectivity index (χ3v) is 4.54. The Kier molecular flexibility index (Phi) is 7.25. The van der Waals surface area contributed by atoms with Crippen LogP contribution < -0.4 is 5.32 Å². The predicted molar refractivity (Wildman–Crippen MR) is 91.7 cm³/mol. The quantitative estimate of drug-likeness (QED) is 0.784. The van der Waals surface area contributed by atoms with E-state index in [4.69, 9.17) is 0 Å². The Labute approximate surface area is 130 Å². The van der Waals surface area contributed by atoms with Crippen LogP contribution in [0.4, 0.5) is 0 Å². The molecule has 0 spiro atoms. The second-order valence-electron chi connectivity index (χ2n) is 6.80. The molecular weight excluding hydrogens is 256 g/mol. The molecule has 0 bridgehead atoms. The number of hydrogen-bond donors (Lipinski definition) is 1. The van der Waals surface area contributed by atoms with E-state index < -0.39 is 0 Å². The molecule has 0 aromatic heterocycles. The minimum atomic E-state index is 0.606. The van der Waals surface area contributed by atoms with Crippen LogP contribution in [0.3, 0.4) is 0 Å². The van der Waals surface area contributed by atoms with Gasteiger partial charge in [-0.3, -0.25) is 0 Å². The van der Waals surface area contributed by atoms with Gasteiger partial charge < -0.3 is 10.2 Å². The molecule has 2 atom stereocenters. The normalized spacial score (nSPS) is 19.3. The molecule has 118 valence electrons. The van der Waals surface area contributed by atoms with Gasteiger partial charge in [0.15, 0.2) is 0 Å². The van der Waals surface area contributed by atoms with Crippen LogP contribution in [0, 0.1) is 5.92 Å². The topological polar surface area (TPSA) is 15.3 Å². The Bertz CT molecular complexity index is 370. The average molecular weight is 288 g/mol. The molecule has 2 heteroatoms. The number of aryl methyl sites for hydroxylation is 1. The van der Waals surface area contributed by atoms with Gasteiger partial charge in [-0.15, -0.1) is 0 Å². The fourth-order valence-electron chi connectivity index (χ4n) is 3.18. The van der Waals surface area contributed by atoms with Crippen LogP contribution in [0.1, 0.15) is 45.1 Å². The first-order valence-electron chi connectivity index (χ1n) is 8.73. The molecule has 0 aliphatic carbocycles. The highest BCUT2D eigenvalue weighted by atomic mass is 15.1. The van der Waals surface area contributed by atoms with Gasteiger partial charge in [-0.25, -0.2) is 0 Å². The third kappa shape index (κ3) is 6.62. The van der Waals surface area contributed by atoms with Crippen LogP contribution in [0.25, 0.3) is 0 Å². The first-order chi connectivity index (χ1) is 10.2. The molecule has 21 heavy (non-hydrogen) atoms. The van der Waals surface area contributed by atoms with Crippen molar-refractivity contribution in [3.63, 3.8) is 0 Å². The van der Waals surface area contributed by atoms with Gasteiger partial charge in [0, 0.05) is 12.6 Å². The van der Waals surface area contributed by atoms with Crippen molar-refractivity contribution in [1.82, 2.24) is 10.2 Å². The first kappa shape index (κ1) is 16.5. The molecular formula is C19H32N2. The van der Waals surface area contributed by atoms with Gasteiger partial charge in [0.1, 0.15) is 0 Å².